The predicted octanol–water partition coefficient (Wildman–Crippen LogP) is 2.68. The van der Waals surface area contributed by atoms with E-state index in [4.69, 9.17) is 4.74 Å². The molecule has 0 saturated heterocycles. The molecule has 0 saturated carbocycles. The van der Waals surface area contributed by atoms with Crippen molar-refractivity contribution in [2.75, 3.05) is 6.61 Å². The van der Waals surface area contributed by atoms with Crippen LogP contribution in [0.4, 0.5) is 5.69 Å². The molecular weight excluding hydrogens is 214 g/mol. The van der Waals surface area contributed by atoms with E-state index in [-0.39, 0.29) is 12.4 Å². The Bertz CT molecular complexity index is 333. The van der Waals surface area contributed by atoms with Gasteiger partial charge in [-0.3, -0.25) is 0 Å². The number of aryl methyl sites for hydroxylation is 1. The molecule has 1 aromatic carbocycles. The Balaban J connectivity index is 0.00000196. The van der Waals surface area contributed by atoms with Crippen molar-refractivity contribution in [1.82, 2.24) is 0 Å². The minimum atomic E-state index is -0.409. The van der Waals surface area contributed by atoms with Crippen LogP contribution in [0.5, 0.6) is 0 Å². The molecule has 0 aliphatic carbocycles. The molecule has 82 valence electrons. The van der Waals surface area contributed by atoms with Gasteiger partial charge in [0.1, 0.15) is 6.21 Å². The molecule has 0 aliphatic heterocycles. The first-order chi connectivity index (χ1) is 6.72. The van der Waals surface area contributed by atoms with Crippen molar-refractivity contribution in [2.45, 2.75) is 13.8 Å². The molecule has 4 heteroatoms. The maximum Gasteiger partial charge on any atom is 0.349 e. The van der Waals surface area contributed by atoms with E-state index < -0.39 is 5.97 Å². The summed E-state index contributed by atoms with van der Waals surface area (Å²) in [6.45, 7) is 4.13. The van der Waals surface area contributed by atoms with E-state index in [0.29, 0.717) is 6.61 Å². The van der Waals surface area contributed by atoms with Crippen molar-refractivity contribution in [3.05, 3.63) is 29.8 Å². The van der Waals surface area contributed by atoms with Crippen molar-refractivity contribution in [2.24, 2.45) is 4.99 Å². The number of carbonyl (C=O) groups is 1. The smallest absolute Gasteiger partial charge is 0.349 e. The number of rotatable bonds is 3. The van der Waals surface area contributed by atoms with E-state index in [1.807, 2.05) is 31.2 Å². The zero-order valence-corrected chi connectivity index (χ0v) is 9.58. The molecule has 0 N–H and O–H groups in total. The summed E-state index contributed by atoms with van der Waals surface area (Å²) in [5.41, 5.74) is 1.92. The van der Waals surface area contributed by atoms with E-state index in [2.05, 4.69) is 4.99 Å². The average Bonchev–Trinajstić information content (AvgIpc) is 2.17. The summed E-state index contributed by atoms with van der Waals surface area (Å²) in [6, 6.07) is 7.59. The Labute approximate surface area is 95.6 Å². The van der Waals surface area contributed by atoms with Gasteiger partial charge in [0.15, 0.2) is 0 Å². The summed E-state index contributed by atoms with van der Waals surface area (Å²) in [5.74, 6) is -0.409. The van der Waals surface area contributed by atoms with Gasteiger partial charge in [0.05, 0.1) is 12.3 Å². The summed E-state index contributed by atoms with van der Waals surface area (Å²) in [6.07, 6.45) is 1.19. The number of benzene rings is 1. The fourth-order valence-electron chi connectivity index (χ4n) is 0.938. The lowest BCUT2D eigenvalue weighted by molar-refractivity contribution is -0.134. The first kappa shape index (κ1) is 13.7. The molecule has 0 aromatic heterocycles. The number of halogens is 1. The molecule has 0 spiro atoms. The highest BCUT2D eigenvalue weighted by Gasteiger charge is 1.94. The van der Waals surface area contributed by atoms with Gasteiger partial charge in [-0.2, -0.15) is 0 Å². The third kappa shape index (κ3) is 5.18. The van der Waals surface area contributed by atoms with Crippen LogP contribution in [0.1, 0.15) is 12.5 Å². The summed E-state index contributed by atoms with van der Waals surface area (Å²) in [7, 11) is 0. The van der Waals surface area contributed by atoms with Crippen LogP contribution in [0.25, 0.3) is 0 Å². The lowest BCUT2D eigenvalue weighted by Crippen LogP contribution is -2.04. The molecule has 0 aliphatic rings. The second-order valence-electron chi connectivity index (χ2n) is 2.85. The van der Waals surface area contributed by atoms with Gasteiger partial charge in [-0.25, -0.2) is 9.79 Å². The SMILES string of the molecule is CCOC(=O)C=Nc1ccc(C)cc1.Cl. The monoisotopic (exact) mass is 227 g/mol. The highest BCUT2D eigenvalue weighted by atomic mass is 35.5. The van der Waals surface area contributed by atoms with Crippen LogP contribution in [-0.2, 0) is 9.53 Å². The number of nitrogens with zero attached hydrogens (tertiary/aromatic N) is 1. The number of esters is 1. The third-order valence-electron chi connectivity index (χ3n) is 1.64. The normalized spacial score (nSPS) is 9.73. The Morgan fingerprint density at radius 3 is 2.53 bits per heavy atom. The van der Waals surface area contributed by atoms with Crippen molar-refractivity contribution in [3.8, 4) is 0 Å². The van der Waals surface area contributed by atoms with Gasteiger partial charge in [-0.05, 0) is 26.0 Å². The average molecular weight is 228 g/mol. The Morgan fingerprint density at radius 1 is 1.40 bits per heavy atom. The van der Waals surface area contributed by atoms with Crippen molar-refractivity contribution < 1.29 is 9.53 Å². The second kappa shape index (κ2) is 7.01. The molecule has 0 bridgehead atoms. The Hall–Kier alpha value is -1.35. The molecule has 0 atom stereocenters. The van der Waals surface area contributed by atoms with Gasteiger partial charge in [0, 0.05) is 0 Å². The number of aliphatic imine (C=N–C) groups is 1. The molecule has 1 aromatic rings. The topological polar surface area (TPSA) is 38.7 Å². The molecule has 1 rings (SSSR count). The Kier molecular flexibility index (Phi) is 6.38. The summed E-state index contributed by atoms with van der Waals surface area (Å²) >= 11 is 0. The van der Waals surface area contributed by atoms with Gasteiger partial charge in [-0.15, -0.1) is 12.4 Å². The van der Waals surface area contributed by atoms with Gasteiger partial charge >= 0.3 is 5.97 Å². The van der Waals surface area contributed by atoms with Gasteiger partial charge in [0.2, 0.25) is 0 Å². The van der Waals surface area contributed by atoms with Crippen LogP contribution in [0.2, 0.25) is 0 Å². The second-order valence-corrected chi connectivity index (χ2v) is 2.85. The van der Waals surface area contributed by atoms with E-state index >= 15 is 0 Å². The van der Waals surface area contributed by atoms with E-state index in [1.165, 1.54) is 11.8 Å². The zero-order chi connectivity index (χ0) is 10.4. The summed E-state index contributed by atoms with van der Waals surface area (Å²) < 4.78 is 4.70. The van der Waals surface area contributed by atoms with Crippen LogP contribution < -0.4 is 0 Å². The lowest BCUT2D eigenvalue weighted by Gasteiger charge is -1.95. The van der Waals surface area contributed by atoms with Crippen LogP contribution in [0.15, 0.2) is 29.3 Å². The van der Waals surface area contributed by atoms with Gasteiger partial charge < -0.3 is 4.74 Å². The highest BCUT2D eigenvalue weighted by molar-refractivity contribution is 6.23. The minimum absolute atomic E-state index is 0. The summed E-state index contributed by atoms with van der Waals surface area (Å²) in [5, 5.41) is 0. The molecule has 0 radical (unpaired) electrons. The first-order valence-corrected chi connectivity index (χ1v) is 4.50. The van der Waals surface area contributed by atoms with Crippen LogP contribution in [-0.4, -0.2) is 18.8 Å². The number of carbonyl (C=O) groups excluding carboxylic acids is 1. The molecule has 3 nitrogen and oxygen atoms in total. The molecule has 0 amide bonds. The van der Waals surface area contributed by atoms with Crippen molar-refractivity contribution in [1.29, 1.82) is 0 Å². The standard InChI is InChI=1S/C11H13NO2.ClH/c1-3-14-11(13)8-12-10-6-4-9(2)5-7-10;/h4-8H,3H2,1-2H3;1H. The quantitative estimate of drug-likeness (QED) is 0.588. The maximum absolute atomic E-state index is 10.9. The van der Waals surface area contributed by atoms with Crippen LogP contribution in [0, 0.1) is 6.92 Å². The summed E-state index contributed by atoms with van der Waals surface area (Å²) in [4.78, 5) is 14.9. The Morgan fingerprint density at radius 2 is 2.00 bits per heavy atom. The highest BCUT2D eigenvalue weighted by Crippen LogP contribution is 2.11. The third-order valence-corrected chi connectivity index (χ3v) is 1.64. The van der Waals surface area contributed by atoms with Crippen molar-refractivity contribution in [3.63, 3.8) is 0 Å². The predicted molar refractivity (Wildman–Crippen MR) is 63.2 cm³/mol. The molecule has 0 unspecified atom stereocenters. The van der Waals surface area contributed by atoms with E-state index in [1.54, 1.807) is 6.92 Å². The number of hydrogen-bond acceptors (Lipinski definition) is 3. The van der Waals surface area contributed by atoms with Gasteiger partial charge in [-0.1, -0.05) is 17.7 Å². The zero-order valence-electron chi connectivity index (χ0n) is 8.77. The fraction of sp³-hybridized carbons (Fsp3) is 0.273. The van der Waals surface area contributed by atoms with E-state index in [9.17, 15) is 4.79 Å². The van der Waals surface area contributed by atoms with Gasteiger partial charge in [0.25, 0.3) is 0 Å². The molecule has 0 heterocycles. The number of hydrogen-bond donors (Lipinski definition) is 0. The maximum atomic E-state index is 10.9. The van der Waals surface area contributed by atoms with Crippen LogP contribution >= 0.6 is 12.4 Å². The largest absolute Gasteiger partial charge is 0.462 e. The minimum Gasteiger partial charge on any atom is -0.462 e. The molecule has 0 fully saturated rings. The molecule has 15 heavy (non-hydrogen) atoms. The first-order valence-electron chi connectivity index (χ1n) is 4.50. The van der Waals surface area contributed by atoms with Crippen molar-refractivity contribution >= 4 is 30.3 Å². The number of ether oxygens (including phenoxy) is 1. The fourth-order valence-corrected chi connectivity index (χ4v) is 0.938. The lowest BCUT2D eigenvalue weighted by atomic mass is 10.2. The van der Waals surface area contributed by atoms with Crippen LogP contribution in [0.3, 0.4) is 0 Å². The van der Waals surface area contributed by atoms with E-state index in [0.717, 1.165) is 5.69 Å². The molecular formula is C11H14ClNO2.